The fourth-order valence-corrected chi connectivity index (χ4v) is 1.42. The lowest BCUT2D eigenvalue weighted by atomic mass is 10.3. The van der Waals surface area contributed by atoms with Crippen LogP contribution in [-0.4, -0.2) is 35.9 Å². The number of hydrogen-bond acceptors (Lipinski definition) is 5. The van der Waals surface area contributed by atoms with Crippen molar-refractivity contribution in [1.29, 1.82) is 0 Å². The minimum absolute atomic E-state index is 0.0995. The van der Waals surface area contributed by atoms with Gasteiger partial charge in [0.25, 0.3) is 6.43 Å². The molecule has 1 fully saturated rings. The average molecular weight is 249 g/mol. The van der Waals surface area contributed by atoms with Crippen LogP contribution in [0.2, 0.25) is 0 Å². The Bertz CT molecular complexity index is 414. The van der Waals surface area contributed by atoms with Gasteiger partial charge in [-0.05, 0) is 0 Å². The second-order valence-corrected chi connectivity index (χ2v) is 3.31. The zero-order valence-electron chi connectivity index (χ0n) is 8.56. The van der Waals surface area contributed by atoms with Crippen LogP contribution in [0.4, 0.5) is 8.78 Å². The fraction of sp³-hybridized carbons (Fsp3) is 0.556. The molecule has 1 N–H and O–H groups in total. The van der Waals surface area contributed by atoms with Gasteiger partial charge in [-0.1, -0.05) is 0 Å². The third-order valence-corrected chi connectivity index (χ3v) is 2.16. The molecule has 94 valence electrons. The Kier molecular flexibility index (Phi) is 3.34. The van der Waals surface area contributed by atoms with E-state index in [0.717, 1.165) is 0 Å². The number of oxazole rings is 1. The quantitative estimate of drug-likeness (QED) is 0.871. The van der Waals surface area contributed by atoms with Crippen LogP contribution in [0, 0.1) is 0 Å². The fourth-order valence-electron chi connectivity index (χ4n) is 1.42. The highest BCUT2D eigenvalue weighted by Gasteiger charge is 2.30. The molecule has 0 aliphatic carbocycles. The summed E-state index contributed by atoms with van der Waals surface area (Å²) in [4.78, 5) is 14.1. The predicted octanol–water partition coefficient (Wildman–Crippen LogP) is 1.40. The van der Waals surface area contributed by atoms with Crippen LogP contribution < -0.4 is 0 Å². The Morgan fingerprint density at radius 3 is 2.71 bits per heavy atom. The second kappa shape index (κ2) is 4.76. The Balaban J connectivity index is 2.29. The summed E-state index contributed by atoms with van der Waals surface area (Å²) in [5.74, 6) is -2.64. The molecule has 1 aliphatic rings. The van der Waals surface area contributed by atoms with Crippen LogP contribution in [0.3, 0.4) is 0 Å². The molecule has 2 heterocycles. The molecule has 1 aromatic rings. The van der Waals surface area contributed by atoms with E-state index in [0.29, 0.717) is 6.61 Å². The van der Waals surface area contributed by atoms with Crippen LogP contribution in [0.15, 0.2) is 4.42 Å². The molecule has 17 heavy (non-hydrogen) atoms. The van der Waals surface area contributed by atoms with Gasteiger partial charge in [-0.2, -0.15) is 0 Å². The van der Waals surface area contributed by atoms with Gasteiger partial charge >= 0.3 is 5.97 Å². The van der Waals surface area contributed by atoms with Gasteiger partial charge in [0.2, 0.25) is 11.7 Å². The first-order chi connectivity index (χ1) is 8.09. The SMILES string of the molecule is O=C(O)c1oc(C2COCCO2)nc1C(F)F. The van der Waals surface area contributed by atoms with Gasteiger partial charge < -0.3 is 19.0 Å². The van der Waals surface area contributed by atoms with Gasteiger partial charge in [-0.3, -0.25) is 0 Å². The normalized spacial score (nSPS) is 20.8. The maximum Gasteiger partial charge on any atom is 0.374 e. The first kappa shape index (κ1) is 11.9. The molecule has 1 aromatic heterocycles. The van der Waals surface area contributed by atoms with E-state index in [1.54, 1.807) is 0 Å². The van der Waals surface area contributed by atoms with Crippen LogP contribution >= 0.6 is 0 Å². The lowest BCUT2D eigenvalue weighted by Gasteiger charge is -2.19. The van der Waals surface area contributed by atoms with Crippen molar-refractivity contribution in [2.24, 2.45) is 0 Å². The standard InChI is InChI=1S/C9H9F2NO5/c10-7(11)5-6(9(13)14)17-8(12-5)4-3-15-1-2-16-4/h4,7H,1-3H2,(H,13,14). The number of nitrogens with zero attached hydrogens (tertiary/aromatic N) is 1. The van der Waals surface area contributed by atoms with Gasteiger partial charge in [-0.25, -0.2) is 18.6 Å². The maximum absolute atomic E-state index is 12.5. The molecule has 1 unspecified atom stereocenters. The molecule has 0 radical (unpaired) electrons. The highest BCUT2D eigenvalue weighted by molar-refractivity contribution is 5.85. The Hall–Kier alpha value is -1.54. The second-order valence-electron chi connectivity index (χ2n) is 3.31. The van der Waals surface area contributed by atoms with E-state index < -0.39 is 30.0 Å². The zero-order chi connectivity index (χ0) is 12.4. The highest BCUT2D eigenvalue weighted by Crippen LogP contribution is 2.28. The number of aromatic carboxylic acids is 1. The number of alkyl halides is 2. The van der Waals surface area contributed by atoms with Gasteiger partial charge in [-0.15, -0.1) is 0 Å². The number of ether oxygens (including phenoxy) is 2. The molecule has 1 saturated heterocycles. The first-order valence-corrected chi connectivity index (χ1v) is 4.81. The molecule has 6 nitrogen and oxygen atoms in total. The van der Waals surface area contributed by atoms with E-state index in [-0.39, 0.29) is 19.1 Å². The lowest BCUT2D eigenvalue weighted by Crippen LogP contribution is -2.22. The van der Waals surface area contributed by atoms with Crippen molar-refractivity contribution in [2.45, 2.75) is 12.5 Å². The van der Waals surface area contributed by atoms with Crippen molar-refractivity contribution in [3.05, 3.63) is 17.3 Å². The smallest absolute Gasteiger partial charge is 0.374 e. The van der Waals surface area contributed by atoms with Crippen molar-refractivity contribution < 1.29 is 32.6 Å². The monoisotopic (exact) mass is 249 g/mol. The number of aromatic nitrogens is 1. The first-order valence-electron chi connectivity index (χ1n) is 4.81. The van der Waals surface area contributed by atoms with Crippen molar-refractivity contribution in [3.8, 4) is 0 Å². The van der Waals surface area contributed by atoms with Gasteiger partial charge in [0.1, 0.15) is 0 Å². The summed E-state index contributed by atoms with van der Waals surface area (Å²) in [6.45, 7) is 0.770. The third-order valence-electron chi connectivity index (χ3n) is 2.16. The van der Waals surface area contributed by atoms with E-state index in [1.165, 1.54) is 0 Å². The summed E-state index contributed by atoms with van der Waals surface area (Å²) in [5, 5.41) is 8.69. The number of carbonyl (C=O) groups is 1. The molecule has 0 bridgehead atoms. The molecule has 1 aliphatic heterocycles. The summed E-state index contributed by atoms with van der Waals surface area (Å²) < 4.78 is 40.0. The molecular formula is C9H9F2NO5. The Morgan fingerprint density at radius 2 is 2.24 bits per heavy atom. The van der Waals surface area contributed by atoms with E-state index in [9.17, 15) is 13.6 Å². The predicted molar refractivity (Wildman–Crippen MR) is 47.9 cm³/mol. The zero-order valence-corrected chi connectivity index (χ0v) is 8.56. The molecule has 8 heteroatoms. The maximum atomic E-state index is 12.5. The lowest BCUT2D eigenvalue weighted by molar-refractivity contribution is -0.0998. The Labute approximate surface area is 94.1 Å². The van der Waals surface area contributed by atoms with Crippen LogP contribution in [-0.2, 0) is 9.47 Å². The summed E-state index contributed by atoms with van der Waals surface area (Å²) in [6, 6.07) is 0. The molecule has 2 rings (SSSR count). The summed E-state index contributed by atoms with van der Waals surface area (Å²) in [7, 11) is 0. The molecule has 0 spiro atoms. The van der Waals surface area contributed by atoms with Crippen molar-refractivity contribution >= 4 is 5.97 Å². The molecule has 0 saturated carbocycles. The highest BCUT2D eigenvalue weighted by atomic mass is 19.3. The minimum atomic E-state index is -3.01. The minimum Gasteiger partial charge on any atom is -0.475 e. The van der Waals surface area contributed by atoms with E-state index >= 15 is 0 Å². The van der Waals surface area contributed by atoms with Crippen LogP contribution in [0.25, 0.3) is 0 Å². The van der Waals surface area contributed by atoms with E-state index in [4.69, 9.17) is 19.0 Å². The van der Waals surface area contributed by atoms with Crippen molar-refractivity contribution in [3.63, 3.8) is 0 Å². The molecule has 1 atom stereocenters. The number of rotatable bonds is 3. The van der Waals surface area contributed by atoms with E-state index in [1.807, 2.05) is 0 Å². The van der Waals surface area contributed by atoms with E-state index in [2.05, 4.69) is 4.98 Å². The van der Waals surface area contributed by atoms with Gasteiger partial charge in [0.05, 0.1) is 19.8 Å². The van der Waals surface area contributed by atoms with Crippen LogP contribution in [0.1, 0.15) is 34.7 Å². The number of hydrogen-bond donors (Lipinski definition) is 1. The van der Waals surface area contributed by atoms with Crippen molar-refractivity contribution in [2.75, 3.05) is 19.8 Å². The summed E-state index contributed by atoms with van der Waals surface area (Å²) in [5.41, 5.74) is -0.887. The van der Waals surface area contributed by atoms with Gasteiger partial charge in [0.15, 0.2) is 11.8 Å². The Morgan fingerprint density at radius 1 is 1.47 bits per heavy atom. The summed E-state index contributed by atoms with van der Waals surface area (Å²) in [6.07, 6.45) is -3.75. The van der Waals surface area contributed by atoms with Crippen LogP contribution in [0.5, 0.6) is 0 Å². The third kappa shape index (κ3) is 2.42. The molecule has 0 aromatic carbocycles. The van der Waals surface area contributed by atoms with Crippen molar-refractivity contribution in [1.82, 2.24) is 4.98 Å². The average Bonchev–Trinajstić information content (AvgIpc) is 2.75. The molecular weight excluding hydrogens is 240 g/mol. The topological polar surface area (TPSA) is 81.8 Å². The number of carboxylic acid groups (broad SMARTS) is 1. The number of halogens is 2. The summed E-state index contributed by atoms with van der Waals surface area (Å²) >= 11 is 0. The number of carboxylic acids is 1. The largest absolute Gasteiger partial charge is 0.475 e. The molecule has 0 amide bonds. The van der Waals surface area contributed by atoms with Gasteiger partial charge in [0, 0.05) is 0 Å².